The number of rotatable bonds is 6. The molecule has 0 aliphatic carbocycles. The highest BCUT2D eigenvalue weighted by molar-refractivity contribution is 5.73. The van der Waals surface area contributed by atoms with Gasteiger partial charge in [-0.1, -0.05) is 36.4 Å². The first-order valence-electron chi connectivity index (χ1n) is 6.38. The fourth-order valence-electron chi connectivity index (χ4n) is 2.00. The largest absolute Gasteiger partial charge is 0.481 e. The monoisotopic (exact) mass is 271 g/mol. The van der Waals surface area contributed by atoms with Gasteiger partial charge < -0.3 is 15.2 Å². The van der Waals surface area contributed by atoms with Gasteiger partial charge in [-0.3, -0.25) is 0 Å². The lowest BCUT2D eigenvalue weighted by atomic mass is 10.0. The van der Waals surface area contributed by atoms with Gasteiger partial charge in [0.05, 0.1) is 0 Å². The van der Waals surface area contributed by atoms with E-state index in [-0.39, 0.29) is 6.61 Å². The van der Waals surface area contributed by atoms with Crippen LogP contribution < -0.4 is 10.1 Å². The van der Waals surface area contributed by atoms with E-state index in [1.807, 2.05) is 55.6 Å². The number of hydrogen-bond donors (Lipinski definition) is 2. The third-order valence-corrected chi connectivity index (χ3v) is 2.86. The van der Waals surface area contributed by atoms with Crippen molar-refractivity contribution >= 4 is 5.97 Å². The standard InChI is InChI=1S/C16H17NO3/c1-17-10-12-7-8-15(20-11-16(18)19)14(9-12)13-5-3-2-4-6-13/h2-9,17H,10-11H2,1H3,(H,18,19). The molecule has 2 rings (SSSR count). The highest BCUT2D eigenvalue weighted by Crippen LogP contribution is 2.31. The molecule has 104 valence electrons. The molecule has 0 fully saturated rings. The molecule has 20 heavy (non-hydrogen) atoms. The Morgan fingerprint density at radius 2 is 1.95 bits per heavy atom. The molecule has 0 heterocycles. The lowest BCUT2D eigenvalue weighted by Gasteiger charge is -2.12. The second-order valence-electron chi connectivity index (χ2n) is 4.41. The first-order valence-corrected chi connectivity index (χ1v) is 6.38. The summed E-state index contributed by atoms with van der Waals surface area (Å²) in [4.78, 5) is 10.7. The van der Waals surface area contributed by atoms with Gasteiger partial charge in [-0.2, -0.15) is 0 Å². The summed E-state index contributed by atoms with van der Waals surface area (Å²) in [7, 11) is 1.89. The van der Waals surface area contributed by atoms with Crippen LogP contribution in [0, 0.1) is 0 Å². The smallest absolute Gasteiger partial charge is 0.341 e. The van der Waals surface area contributed by atoms with Gasteiger partial charge in [0, 0.05) is 12.1 Å². The van der Waals surface area contributed by atoms with Crippen molar-refractivity contribution in [2.75, 3.05) is 13.7 Å². The van der Waals surface area contributed by atoms with E-state index in [9.17, 15) is 4.79 Å². The molecule has 0 bridgehead atoms. The van der Waals surface area contributed by atoms with Crippen molar-refractivity contribution < 1.29 is 14.6 Å². The maximum Gasteiger partial charge on any atom is 0.341 e. The van der Waals surface area contributed by atoms with Gasteiger partial charge >= 0.3 is 5.97 Å². The zero-order valence-electron chi connectivity index (χ0n) is 11.3. The number of carboxylic acid groups (broad SMARTS) is 1. The van der Waals surface area contributed by atoms with Crippen molar-refractivity contribution in [3.05, 3.63) is 54.1 Å². The third-order valence-electron chi connectivity index (χ3n) is 2.86. The minimum absolute atomic E-state index is 0.342. The van der Waals surface area contributed by atoms with Crippen molar-refractivity contribution in [1.29, 1.82) is 0 Å². The number of ether oxygens (including phenoxy) is 1. The molecular formula is C16H17NO3. The molecule has 0 aliphatic heterocycles. The lowest BCUT2D eigenvalue weighted by molar-refractivity contribution is -0.139. The van der Waals surface area contributed by atoms with Crippen molar-refractivity contribution in [3.63, 3.8) is 0 Å². The van der Waals surface area contributed by atoms with Gasteiger partial charge in [0.2, 0.25) is 0 Å². The lowest BCUT2D eigenvalue weighted by Crippen LogP contribution is -2.10. The highest BCUT2D eigenvalue weighted by atomic mass is 16.5. The predicted molar refractivity (Wildman–Crippen MR) is 77.8 cm³/mol. The maximum atomic E-state index is 10.7. The molecule has 0 saturated heterocycles. The predicted octanol–water partition coefficient (Wildman–Crippen LogP) is 2.54. The van der Waals surface area contributed by atoms with E-state index in [4.69, 9.17) is 9.84 Å². The molecule has 4 heteroatoms. The fraction of sp³-hybridized carbons (Fsp3) is 0.188. The zero-order valence-corrected chi connectivity index (χ0v) is 11.3. The Balaban J connectivity index is 2.37. The number of aliphatic carboxylic acids is 1. The second kappa shape index (κ2) is 6.73. The molecule has 0 saturated carbocycles. The average Bonchev–Trinajstić information content (AvgIpc) is 2.47. The Kier molecular flexibility index (Phi) is 4.74. The number of nitrogens with one attached hydrogen (secondary N) is 1. The SMILES string of the molecule is CNCc1ccc(OCC(=O)O)c(-c2ccccc2)c1. The van der Waals surface area contributed by atoms with Gasteiger partial charge in [0.15, 0.2) is 6.61 Å². The molecule has 2 aromatic carbocycles. The molecule has 0 aliphatic rings. The number of carboxylic acids is 1. The maximum absolute atomic E-state index is 10.7. The van der Waals surface area contributed by atoms with E-state index in [1.165, 1.54) is 0 Å². The second-order valence-corrected chi connectivity index (χ2v) is 4.41. The summed E-state index contributed by atoms with van der Waals surface area (Å²) in [6.07, 6.45) is 0. The summed E-state index contributed by atoms with van der Waals surface area (Å²) in [6.45, 7) is 0.407. The van der Waals surface area contributed by atoms with Crippen molar-refractivity contribution in [2.24, 2.45) is 0 Å². The van der Waals surface area contributed by atoms with Crippen LogP contribution in [0.1, 0.15) is 5.56 Å². The zero-order chi connectivity index (χ0) is 14.4. The molecule has 2 aromatic rings. The van der Waals surface area contributed by atoms with Gasteiger partial charge in [-0.25, -0.2) is 4.79 Å². The van der Waals surface area contributed by atoms with Crippen molar-refractivity contribution in [1.82, 2.24) is 5.32 Å². The van der Waals surface area contributed by atoms with Crippen LogP contribution in [0.4, 0.5) is 0 Å². The van der Waals surface area contributed by atoms with E-state index in [0.717, 1.165) is 23.2 Å². The summed E-state index contributed by atoms with van der Waals surface area (Å²) in [5, 5.41) is 11.8. The van der Waals surface area contributed by atoms with Crippen LogP contribution in [-0.4, -0.2) is 24.7 Å². The molecule has 4 nitrogen and oxygen atoms in total. The molecule has 0 amide bonds. The van der Waals surface area contributed by atoms with Crippen LogP contribution in [0.5, 0.6) is 5.75 Å². The quantitative estimate of drug-likeness (QED) is 0.847. The van der Waals surface area contributed by atoms with E-state index in [0.29, 0.717) is 5.75 Å². The number of benzene rings is 2. The van der Waals surface area contributed by atoms with Crippen LogP contribution in [0.15, 0.2) is 48.5 Å². The Morgan fingerprint density at radius 1 is 1.20 bits per heavy atom. The Morgan fingerprint density at radius 3 is 2.60 bits per heavy atom. The Hall–Kier alpha value is -2.33. The third kappa shape index (κ3) is 3.59. The number of hydrogen-bond acceptors (Lipinski definition) is 3. The van der Waals surface area contributed by atoms with E-state index in [1.54, 1.807) is 0 Å². The average molecular weight is 271 g/mol. The van der Waals surface area contributed by atoms with Gasteiger partial charge in [0.25, 0.3) is 0 Å². The van der Waals surface area contributed by atoms with Crippen LogP contribution in [0.25, 0.3) is 11.1 Å². The molecular weight excluding hydrogens is 254 g/mol. The summed E-state index contributed by atoms with van der Waals surface area (Å²) in [5.74, 6) is -0.401. The van der Waals surface area contributed by atoms with E-state index in [2.05, 4.69) is 5.32 Å². The van der Waals surface area contributed by atoms with Crippen LogP contribution in [0.2, 0.25) is 0 Å². The summed E-state index contributed by atoms with van der Waals surface area (Å²) >= 11 is 0. The summed E-state index contributed by atoms with van der Waals surface area (Å²) in [5.41, 5.74) is 3.03. The molecule has 0 atom stereocenters. The fourth-order valence-corrected chi connectivity index (χ4v) is 2.00. The van der Waals surface area contributed by atoms with E-state index >= 15 is 0 Å². The molecule has 0 unspecified atom stereocenters. The Labute approximate surface area is 118 Å². The highest BCUT2D eigenvalue weighted by Gasteiger charge is 2.09. The normalized spacial score (nSPS) is 10.2. The van der Waals surface area contributed by atoms with Crippen molar-refractivity contribution in [3.8, 4) is 16.9 Å². The van der Waals surface area contributed by atoms with Gasteiger partial charge in [0.1, 0.15) is 5.75 Å². The molecule has 2 N–H and O–H groups in total. The van der Waals surface area contributed by atoms with Crippen LogP contribution >= 0.6 is 0 Å². The van der Waals surface area contributed by atoms with Crippen LogP contribution in [-0.2, 0) is 11.3 Å². The molecule has 0 radical (unpaired) electrons. The minimum atomic E-state index is -0.983. The topological polar surface area (TPSA) is 58.6 Å². The van der Waals surface area contributed by atoms with Crippen molar-refractivity contribution in [2.45, 2.75) is 6.54 Å². The first-order chi connectivity index (χ1) is 9.70. The van der Waals surface area contributed by atoms with E-state index < -0.39 is 5.97 Å². The summed E-state index contributed by atoms with van der Waals surface area (Å²) in [6, 6.07) is 15.6. The van der Waals surface area contributed by atoms with Crippen LogP contribution in [0.3, 0.4) is 0 Å². The van der Waals surface area contributed by atoms with Gasteiger partial charge in [-0.05, 0) is 30.3 Å². The molecule has 0 aromatic heterocycles. The first kappa shape index (κ1) is 14.1. The van der Waals surface area contributed by atoms with Gasteiger partial charge in [-0.15, -0.1) is 0 Å². The molecule has 0 spiro atoms. The summed E-state index contributed by atoms with van der Waals surface area (Å²) < 4.78 is 5.37. The Bertz CT molecular complexity index is 582. The minimum Gasteiger partial charge on any atom is -0.481 e. The number of carbonyl (C=O) groups is 1.